The van der Waals surface area contributed by atoms with Crippen molar-refractivity contribution in [2.75, 3.05) is 35.3 Å². The maximum absolute atomic E-state index is 12.5. The number of aromatic nitrogens is 2. The molecule has 0 aliphatic carbocycles. The van der Waals surface area contributed by atoms with E-state index in [-0.39, 0.29) is 18.0 Å². The van der Waals surface area contributed by atoms with Gasteiger partial charge in [-0.05, 0) is 20.3 Å². The van der Waals surface area contributed by atoms with Crippen molar-refractivity contribution < 1.29 is 4.79 Å². The van der Waals surface area contributed by atoms with Gasteiger partial charge in [-0.2, -0.15) is 4.98 Å². The molecule has 0 aromatic carbocycles. The second-order valence-electron chi connectivity index (χ2n) is 5.44. The van der Waals surface area contributed by atoms with E-state index in [1.54, 1.807) is 18.1 Å². The molecule has 1 atom stereocenters. The normalized spacial score (nSPS) is 18.2. The number of nitrogens with one attached hydrogen (secondary N) is 1. The lowest BCUT2D eigenvalue weighted by Gasteiger charge is -2.42. The Labute approximate surface area is 125 Å². The van der Waals surface area contributed by atoms with Gasteiger partial charge in [0.15, 0.2) is 5.82 Å². The number of hydrogen-bond acceptors (Lipinski definition) is 6. The fourth-order valence-corrected chi connectivity index (χ4v) is 2.65. The molecule has 1 aromatic heterocycles. The highest BCUT2D eigenvalue weighted by molar-refractivity contribution is 6.04. The molecule has 0 unspecified atom stereocenters. The lowest BCUT2D eigenvalue weighted by Crippen LogP contribution is -2.55. The quantitative estimate of drug-likeness (QED) is 0.835. The van der Waals surface area contributed by atoms with Crippen molar-refractivity contribution in [3.63, 3.8) is 0 Å². The molecule has 2 rings (SSSR count). The molecule has 0 bridgehead atoms. The topological polar surface area (TPSA) is 87.4 Å². The van der Waals surface area contributed by atoms with Gasteiger partial charge in [0.2, 0.25) is 11.9 Å². The van der Waals surface area contributed by atoms with Crippen LogP contribution in [0.4, 0.5) is 17.5 Å². The summed E-state index contributed by atoms with van der Waals surface area (Å²) in [5, 5.41) is 3.09. The number of amides is 1. The van der Waals surface area contributed by atoms with Crippen molar-refractivity contribution in [1.82, 2.24) is 9.97 Å². The summed E-state index contributed by atoms with van der Waals surface area (Å²) in [7, 11) is 1.78. The van der Waals surface area contributed by atoms with E-state index in [0.717, 1.165) is 17.9 Å². The Bertz CT molecular complexity index is 518. The van der Waals surface area contributed by atoms with Gasteiger partial charge in [-0.25, -0.2) is 4.98 Å². The molecule has 21 heavy (non-hydrogen) atoms. The van der Waals surface area contributed by atoms with Gasteiger partial charge in [0, 0.05) is 26.2 Å². The SMILES string of the molecule is CC[C@@H]1C(=O)N(C)c2cnc(NCCN)nc2N1C(C)C. The maximum Gasteiger partial charge on any atom is 0.249 e. The molecule has 7 nitrogen and oxygen atoms in total. The maximum atomic E-state index is 12.5. The third kappa shape index (κ3) is 2.78. The zero-order chi connectivity index (χ0) is 15.6. The standard InChI is InChI=1S/C14H24N6O/c1-5-10-13(21)19(4)11-8-17-14(16-7-6-15)18-12(11)20(10)9(2)3/h8-10H,5-7,15H2,1-4H3,(H,16,17,18)/t10-/m1/s1. The van der Waals surface area contributed by atoms with Gasteiger partial charge >= 0.3 is 0 Å². The minimum atomic E-state index is -0.181. The van der Waals surface area contributed by atoms with Crippen molar-refractivity contribution in [3.8, 4) is 0 Å². The first-order chi connectivity index (χ1) is 10.0. The number of hydrogen-bond donors (Lipinski definition) is 2. The van der Waals surface area contributed by atoms with Gasteiger partial charge in [-0.15, -0.1) is 0 Å². The van der Waals surface area contributed by atoms with Crippen LogP contribution >= 0.6 is 0 Å². The molecule has 1 aliphatic heterocycles. The van der Waals surface area contributed by atoms with Gasteiger partial charge in [0.25, 0.3) is 0 Å². The highest BCUT2D eigenvalue weighted by atomic mass is 16.2. The van der Waals surface area contributed by atoms with Crippen LogP contribution in [0.5, 0.6) is 0 Å². The number of nitrogens with two attached hydrogens (primary N) is 1. The van der Waals surface area contributed by atoms with Gasteiger partial charge < -0.3 is 20.9 Å². The fourth-order valence-electron chi connectivity index (χ4n) is 2.65. The van der Waals surface area contributed by atoms with Crippen molar-refractivity contribution in [3.05, 3.63) is 6.20 Å². The average Bonchev–Trinajstić information content (AvgIpc) is 2.47. The number of carbonyl (C=O) groups excluding carboxylic acids is 1. The van der Waals surface area contributed by atoms with E-state index in [0.29, 0.717) is 19.0 Å². The molecule has 7 heteroatoms. The molecule has 0 spiro atoms. The van der Waals surface area contributed by atoms with Crippen molar-refractivity contribution >= 4 is 23.4 Å². The van der Waals surface area contributed by atoms with Crippen LogP contribution in [0.1, 0.15) is 27.2 Å². The largest absolute Gasteiger partial charge is 0.353 e. The summed E-state index contributed by atoms with van der Waals surface area (Å²) in [5.41, 5.74) is 6.24. The molecule has 0 saturated heterocycles. The average molecular weight is 292 g/mol. The molecule has 116 valence electrons. The lowest BCUT2D eigenvalue weighted by atomic mass is 10.1. The van der Waals surface area contributed by atoms with E-state index in [1.807, 2.05) is 6.92 Å². The molecule has 1 aliphatic rings. The van der Waals surface area contributed by atoms with E-state index in [1.165, 1.54) is 0 Å². The Morgan fingerprint density at radius 3 is 2.76 bits per heavy atom. The number of fused-ring (bicyclic) bond motifs is 1. The number of anilines is 3. The van der Waals surface area contributed by atoms with Crippen molar-refractivity contribution in [2.45, 2.75) is 39.3 Å². The Morgan fingerprint density at radius 1 is 1.48 bits per heavy atom. The summed E-state index contributed by atoms with van der Waals surface area (Å²) in [4.78, 5) is 25.1. The first-order valence-corrected chi connectivity index (χ1v) is 7.38. The Hall–Kier alpha value is -1.89. The monoisotopic (exact) mass is 292 g/mol. The molecular formula is C14H24N6O. The summed E-state index contributed by atoms with van der Waals surface area (Å²) in [6, 6.07) is 0.00312. The van der Waals surface area contributed by atoms with Crippen LogP contribution in [0.2, 0.25) is 0 Å². The predicted molar refractivity (Wildman–Crippen MR) is 84.7 cm³/mol. The zero-order valence-corrected chi connectivity index (χ0v) is 13.1. The van der Waals surface area contributed by atoms with Crippen LogP contribution in [0.15, 0.2) is 6.20 Å². The van der Waals surface area contributed by atoms with Crippen LogP contribution in [-0.2, 0) is 4.79 Å². The second kappa shape index (κ2) is 6.26. The third-order valence-electron chi connectivity index (χ3n) is 3.68. The van der Waals surface area contributed by atoms with Gasteiger partial charge in [-0.1, -0.05) is 6.92 Å². The van der Waals surface area contributed by atoms with Gasteiger partial charge in [0.1, 0.15) is 11.7 Å². The van der Waals surface area contributed by atoms with Crippen LogP contribution in [0.3, 0.4) is 0 Å². The second-order valence-corrected chi connectivity index (χ2v) is 5.44. The molecule has 1 aromatic rings. The molecule has 3 N–H and O–H groups in total. The number of carbonyl (C=O) groups is 1. The Balaban J connectivity index is 2.47. The molecule has 2 heterocycles. The summed E-state index contributed by atoms with van der Waals surface area (Å²) in [5.74, 6) is 1.43. The molecule has 0 fully saturated rings. The molecular weight excluding hydrogens is 268 g/mol. The van der Waals surface area contributed by atoms with Crippen molar-refractivity contribution in [2.24, 2.45) is 5.73 Å². The number of nitrogens with zero attached hydrogens (tertiary/aromatic N) is 4. The van der Waals surface area contributed by atoms with E-state index in [2.05, 4.69) is 34.0 Å². The van der Waals surface area contributed by atoms with E-state index in [4.69, 9.17) is 5.73 Å². The molecule has 1 amide bonds. The van der Waals surface area contributed by atoms with E-state index >= 15 is 0 Å². The summed E-state index contributed by atoms with van der Waals surface area (Å²) in [6.45, 7) is 7.29. The van der Waals surface area contributed by atoms with Gasteiger partial charge in [-0.3, -0.25) is 4.79 Å². The van der Waals surface area contributed by atoms with E-state index < -0.39 is 0 Å². The van der Waals surface area contributed by atoms with Crippen LogP contribution in [0.25, 0.3) is 0 Å². The highest BCUT2D eigenvalue weighted by Gasteiger charge is 2.38. The fraction of sp³-hybridized carbons (Fsp3) is 0.643. The zero-order valence-electron chi connectivity index (χ0n) is 13.1. The smallest absolute Gasteiger partial charge is 0.249 e. The van der Waals surface area contributed by atoms with Crippen molar-refractivity contribution in [1.29, 1.82) is 0 Å². The lowest BCUT2D eigenvalue weighted by molar-refractivity contribution is -0.120. The molecule has 0 radical (unpaired) electrons. The van der Waals surface area contributed by atoms with Crippen LogP contribution in [-0.4, -0.2) is 48.1 Å². The number of rotatable bonds is 5. The summed E-state index contributed by atoms with van der Waals surface area (Å²) >= 11 is 0. The van der Waals surface area contributed by atoms with Crippen LogP contribution in [0, 0.1) is 0 Å². The first-order valence-electron chi connectivity index (χ1n) is 7.38. The molecule has 0 saturated carbocycles. The third-order valence-corrected chi connectivity index (χ3v) is 3.68. The van der Waals surface area contributed by atoms with E-state index in [9.17, 15) is 4.79 Å². The highest BCUT2D eigenvalue weighted by Crippen LogP contribution is 2.35. The first kappa shape index (κ1) is 15.5. The predicted octanol–water partition coefficient (Wildman–Crippen LogP) is 0.817. The summed E-state index contributed by atoms with van der Waals surface area (Å²) in [6.07, 6.45) is 2.44. The van der Waals surface area contributed by atoms with Crippen LogP contribution < -0.4 is 20.9 Å². The minimum absolute atomic E-state index is 0.0879. The summed E-state index contributed by atoms with van der Waals surface area (Å²) < 4.78 is 0. The van der Waals surface area contributed by atoms with Gasteiger partial charge in [0.05, 0.1) is 6.20 Å². The Morgan fingerprint density at radius 2 is 2.19 bits per heavy atom. The minimum Gasteiger partial charge on any atom is -0.353 e. The number of likely N-dealkylation sites (N-methyl/N-ethyl adjacent to an activating group) is 1. The Kier molecular flexibility index (Phi) is 4.62.